The van der Waals surface area contributed by atoms with Gasteiger partial charge in [-0.25, -0.2) is 4.57 Å². The summed E-state index contributed by atoms with van der Waals surface area (Å²) in [6.07, 6.45) is -1.67. The molecule has 1 aromatic carbocycles. The number of aliphatic carboxylic acids is 2. The van der Waals surface area contributed by atoms with Gasteiger partial charge in [-0.3, -0.25) is 43.3 Å². The van der Waals surface area contributed by atoms with Crippen LogP contribution in [0.3, 0.4) is 0 Å². The highest BCUT2D eigenvalue weighted by Gasteiger charge is 2.33. The summed E-state index contributed by atoms with van der Waals surface area (Å²) >= 11 is 0. The lowest BCUT2D eigenvalue weighted by molar-refractivity contribution is -0.140. The molecule has 47 heavy (non-hydrogen) atoms. The quantitative estimate of drug-likeness (QED) is 0.0759. The third kappa shape index (κ3) is 15.5. The van der Waals surface area contributed by atoms with E-state index in [-0.39, 0.29) is 18.1 Å². The fraction of sp³-hybridized carbons (Fsp3) is 0.536. The highest BCUT2D eigenvalue weighted by molar-refractivity contribution is 7.46. The molecular weight excluding hydrogens is 645 g/mol. The fourth-order valence-electron chi connectivity index (χ4n) is 4.24. The number of amides is 5. The highest BCUT2D eigenvalue weighted by Crippen LogP contribution is 2.37. The van der Waals surface area contributed by atoms with Crippen LogP contribution >= 0.6 is 7.82 Å². The molecule has 5 amide bonds. The van der Waals surface area contributed by atoms with E-state index in [1.807, 2.05) is 0 Å². The standard InChI is InChI=1S/C28H42N5O13P/c1-5-15(2)24(28(42)29-4)33-26(40)20(11-13-23(37)38)31-25(39)19(10-12-22(35)36)32-27(41)21(30-16(3)34)14-17-6-8-18(9-7-17)46-47(43,44)45/h6-9,15,19-21,24H,5,10-14H2,1-4H3,(H,29,42)(H,30,34)(H,31,39)(H,32,41)(H,33,40)(H,35,36)(H,37,38)(H2,43,44,45)/t15-,19-,20-,21-,24-/m0/s1. The minimum absolute atomic E-state index is 0.166. The van der Waals surface area contributed by atoms with E-state index in [0.29, 0.717) is 12.0 Å². The molecule has 9 N–H and O–H groups in total. The Morgan fingerprint density at radius 3 is 1.64 bits per heavy atom. The molecule has 0 spiro atoms. The van der Waals surface area contributed by atoms with Crippen molar-refractivity contribution in [3.05, 3.63) is 29.8 Å². The molecule has 0 aromatic heterocycles. The summed E-state index contributed by atoms with van der Waals surface area (Å²) < 4.78 is 15.5. The van der Waals surface area contributed by atoms with Crippen LogP contribution in [0.25, 0.3) is 0 Å². The zero-order valence-corrected chi connectivity index (χ0v) is 27.2. The molecule has 0 saturated heterocycles. The number of hydrogen-bond acceptors (Lipinski definition) is 9. The second kappa shape index (κ2) is 19.2. The van der Waals surface area contributed by atoms with Gasteiger partial charge in [-0.15, -0.1) is 0 Å². The van der Waals surface area contributed by atoms with Crippen molar-refractivity contribution in [3.8, 4) is 5.75 Å². The third-order valence-electron chi connectivity index (χ3n) is 6.88. The van der Waals surface area contributed by atoms with Gasteiger partial charge in [0, 0.05) is 33.2 Å². The largest absolute Gasteiger partial charge is 0.524 e. The van der Waals surface area contributed by atoms with Gasteiger partial charge in [0.2, 0.25) is 29.5 Å². The van der Waals surface area contributed by atoms with Crippen LogP contribution in [0, 0.1) is 5.92 Å². The number of carbonyl (C=O) groups excluding carboxylic acids is 5. The summed E-state index contributed by atoms with van der Waals surface area (Å²) in [7, 11) is -3.45. The van der Waals surface area contributed by atoms with Crippen molar-refractivity contribution in [2.75, 3.05) is 7.05 Å². The van der Waals surface area contributed by atoms with Crippen LogP contribution in [-0.2, 0) is 44.5 Å². The SMILES string of the molecule is CC[C@H](C)[C@H](NC(=O)[C@H](CCC(=O)O)NC(=O)[C@H](CCC(=O)O)NC(=O)[C@H](Cc1ccc(OP(=O)(O)O)cc1)NC(C)=O)C(=O)NC. The van der Waals surface area contributed by atoms with Crippen LogP contribution < -0.4 is 31.1 Å². The minimum atomic E-state index is -4.82. The molecule has 18 nitrogen and oxygen atoms in total. The lowest BCUT2D eigenvalue weighted by Crippen LogP contribution is -2.59. The Hall–Kier alpha value is -4.54. The molecule has 1 aromatic rings. The Labute approximate surface area is 270 Å². The first-order valence-electron chi connectivity index (χ1n) is 14.5. The van der Waals surface area contributed by atoms with Crippen LogP contribution in [-0.4, -0.2) is 92.7 Å². The zero-order valence-electron chi connectivity index (χ0n) is 26.3. The van der Waals surface area contributed by atoms with Crippen LogP contribution in [0.15, 0.2) is 24.3 Å². The number of carboxylic acid groups (broad SMARTS) is 2. The van der Waals surface area contributed by atoms with Gasteiger partial charge in [-0.2, -0.15) is 0 Å². The monoisotopic (exact) mass is 687 g/mol. The van der Waals surface area contributed by atoms with Gasteiger partial charge in [0.1, 0.15) is 29.9 Å². The van der Waals surface area contributed by atoms with E-state index in [0.717, 1.165) is 6.92 Å². The Morgan fingerprint density at radius 2 is 1.23 bits per heavy atom. The molecule has 0 aliphatic carbocycles. The number of carbonyl (C=O) groups is 7. The maximum Gasteiger partial charge on any atom is 0.524 e. The van der Waals surface area contributed by atoms with Crippen LogP contribution in [0.4, 0.5) is 0 Å². The molecule has 0 saturated carbocycles. The number of carboxylic acids is 2. The molecule has 0 unspecified atom stereocenters. The molecule has 0 radical (unpaired) electrons. The van der Waals surface area contributed by atoms with E-state index in [4.69, 9.17) is 9.79 Å². The third-order valence-corrected chi connectivity index (χ3v) is 7.33. The van der Waals surface area contributed by atoms with Crippen LogP contribution in [0.1, 0.15) is 58.4 Å². The Bertz CT molecular complexity index is 1330. The average molecular weight is 688 g/mol. The normalized spacial score (nSPS) is 14.3. The number of rotatable bonds is 20. The van der Waals surface area contributed by atoms with E-state index in [2.05, 4.69) is 31.1 Å². The smallest absolute Gasteiger partial charge is 0.481 e. The summed E-state index contributed by atoms with van der Waals surface area (Å²) in [5.74, 6) is -7.05. The Balaban J connectivity index is 3.26. The lowest BCUT2D eigenvalue weighted by Gasteiger charge is -2.27. The van der Waals surface area contributed by atoms with E-state index in [9.17, 15) is 48.3 Å². The highest BCUT2D eigenvalue weighted by atomic mass is 31.2. The van der Waals surface area contributed by atoms with E-state index < -0.39 is 99.1 Å². The van der Waals surface area contributed by atoms with Crippen molar-refractivity contribution in [2.45, 2.75) is 83.5 Å². The summed E-state index contributed by atoms with van der Waals surface area (Å²) in [6.45, 7) is 4.62. The van der Waals surface area contributed by atoms with Gasteiger partial charge in [-0.1, -0.05) is 32.4 Å². The first-order valence-corrected chi connectivity index (χ1v) is 16.1. The Morgan fingerprint density at radius 1 is 0.766 bits per heavy atom. The second-order valence-corrected chi connectivity index (χ2v) is 11.8. The average Bonchev–Trinajstić information content (AvgIpc) is 2.98. The number of nitrogens with one attached hydrogen (secondary N) is 5. The van der Waals surface area contributed by atoms with Crippen molar-refractivity contribution in [1.29, 1.82) is 0 Å². The summed E-state index contributed by atoms with van der Waals surface area (Å²) in [5, 5.41) is 30.5. The number of likely N-dealkylation sites (N-methyl/N-ethyl adjacent to an activating group) is 1. The van der Waals surface area contributed by atoms with Crippen molar-refractivity contribution < 1.29 is 62.7 Å². The molecule has 0 fully saturated rings. The molecule has 0 heterocycles. The molecule has 0 aliphatic rings. The van der Waals surface area contributed by atoms with E-state index in [1.54, 1.807) is 13.8 Å². The molecule has 5 atom stereocenters. The van der Waals surface area contributed by atoms with Crippen molar-refractivity contribution in [3.63, 3.8) is 0 Å². The van der Waals surface area contributed by atoms with Gasteiger partial charge < -0.3 is 41.3 Å². The van der Waals surface area contributed by atoms with Crippen molar-refractivity contribution >= 4 is 49.3 Å². The number of phosphoric acid groups is 1. The van der Waals surface area contributed by atoms with Crippen molar-refractivity contribution in [1.82, 2.24) is 26.6 Å². The summed E-state index contributed by atoms with van der Waals surface area (Å²) in [5.41, 5.74) is 0.404. The number of phosphoric ester groups is 1. The number of benzene rings is 1. The van der Waals surface area contributed by atoms with Gasteiger partial charge in [0.15, 0.2) is 0 Å². The molecule has 262 valence electrons. The Kier molecular flexibility index (Phi) is 16.5. The minimum Gasteiger partial charge on any atom is -0.481 e. The first-order chi connectivity index (χ1) is 21.9. The summed E-state index contributed by atoms with van der Waals surface area (Å²) in [4.78, 5) is 105. The molecule has 0 aliphatic heterocycles. The maximum absolute atomic E-state index is 13.4. The molecular formula is C28H42N5O13P. The molecule has 19 heteroatoms. The van der Waals surface area contributed by atoms with Gasteiger partial charge >= 0.3 is 19.8 Å². The topological polar surface area (TPSA) is 287 Å². The number of hydrogen-bond donors (Lipinski definition) is 9. The van der Waals surface area contributed by atoms with Gasteiger partial charge in [-0.05, 0) is 36.5 Å². The fourth-order valence-corrected chi connectivity index (χ4v) is 4.64. The second-order valence-electron chi connectivity index (χ2n) is 10.7. The van der Waals surface area contributed by atoms with Gasteiger partial charge in [0.05, 0.1) is 0 Å². The van der Waals surface area contributed by atoms with Crippen molar-refractivity contribution in [2.24, 2.45) is 5.92 Å². The first kappa shape index (κ1) is 40.5. The van der Waals surface area contributed by atoms with Crippen LogP contribution in [0.2, 0.25) is 0 Å². The zero-order chi connectivity index (χ0) is 35.9. The maximum atomic E-state index is 13.4. The molecule has 1 rings (SSSR count). The van der Waals surface area contributed by atoms with Crippen LogP contribution in [0.5, 0.6) is 5.75 Å². The predicted octanol–water partition coefficient (Wildman–Crippen LogP) is -0.819. The van der Waals surface area contributed by atoms with E-state index in [1.165, 1.54) is 31.3 Å². The molecule has 0 bridgehead atoms. The predicted molar refractivity (Wildman–Crippen MR) is 163 cm³/mol. The van der Waals surface area contributed by atoms with E-state index >= 15 is 0 Å². The van der Waals surface area contributed by atoms with Gasteiger partial charge in [0.25, 0.3) is 0 Å². The lowest BCUT2D eigenvalue weighted by atomic mass is 9.97. The summed E-state index contributed by atoms with van der Waals surface area (Å²) in [6, 6.07) is -0.178.